The summed E-state index contributed by atoms with van der Waals surface area (Å²) in [5, 5.41) is 0. The van der Waals surface area contributed by atoms with Crippen LogP contribution in [0.2, 0.25) is 0 Å². The van der Waals surface area contributed by atoms with E-state index in [0.717, 1.165) is 6.42 Å². The van der Waals surface area contributed by atoms with Crippen molar-refractivity contribution in [3.05, 3.63) is 0 Å². The molecule has 1 atom stereocenters. The molecule has 0 aliphatic heterocycles. The molecule has 0 rings (SSSR count). The van der Waals surface area contributed by atoms with E-state index in [0.29, 0.717) is 0 Å². The van der Waals surface area contributed by atoms with E-state index in [9.17, 15) is 4.79 Å². The van der Waals surface area contributed by atoms with Crippen LogP contribution in [0, 0.1) is 5.92 Å². The number of carbonyl (C=O) groups is 1. The first-order valence-corrected chi connectivity index (χ1v) is 4.36. The first-order valence-electron chi connectivity index (χ1n) is 4.36. The molecular formula is C9H18O3. The van der Waals surface area contributed by atoms with E-state index in [-0.39, 0.29) is 24.8 Å². The average molecular weight is 174 g/mol. The molecule has 0 aromatic heterocycles. The van der Waals surface area contributed by atoms with Gasteiger partial charge in [0.2, 0.25) is 0 Å². The minimum absolute atomic E-state index is 0.0754. The Balaban J connectivity index is 3.37. The predicted molar refractivity (Wildman–Crippen MR) is 46.6 cm³/mol. The molecule has 1 unspecified atom stereocenters. The molecule has 0 saturated carbocycles. The Labute approximate surface area is 74.0 Å². The van der Waals surface area contributed by atoms with Crippen molar-refractivity contribution in [2.45, 2.75) is 40.2 Å². The number of rotatable bonds is 5. The van der Waals surface area contributed by atoms with Gasteiger partial charge in [-0.25, -0.2) is 0 Å². The van der Waals surface area contributed by atoms with Gasteiger partial charge >= 0.3 is 5.97 Å². The Kier molecular flexibility index (Phi) is 5.72. The summed E-state index contributed by atoms with van der Waals surface area (Å²) in [4.78, 5) is 10.9. The molecule has 0 heterocycles. The second-order valence-electron chi connectivity index (χ2n) is 3.12. The molecule has 0 N–H and O–H groups in total. The number of esters is 1. The van der Waals surface area contributed by atoms with Gasteiger partial charge in [-0.2, -0.15) is 0 Å². The van der Waals surface area contributed by atoms with Crippen LogP contribution in [0.4, 0.5) is 0 Å². The van der Waals surface area contributed by atoms with Gasteiger partial charge in [-0.15, -0.1) is 0 Å². The summed E-state index contributed by atoms with van der Waals surface area (Å²) in [5.41, 5.74) is 0. The summed E-state index contributed by atoms with van der Waals surface area (Å²) in [7, 11) is 0. The van der Waals surface area contributed by atoms with Crippen LogP contribution in [0.3, 0.4) is 0 Å². The van der Waals surface area contributed by atoms with Crippen molar-refractivity contribution >= 4 is 5.97 Å². The number of hydrogen-bond donors (Lipinski definition) is 0. The van der Waals surface area contributed by atoms with E-state index in [2.05, 4.69) is 0 Å². The molecule has 0 spiro atoms. The fourth-order valence-electron chi connectivity index (χ4n) is 0.493. The molecule has 0 saturated heterocycles. The molecule has 0 aliphatic rings. The fourth-order valence-corrected chi connectivity index (χ4v) is 0.493. The highest BCUT2D eigenvalue weighted by atomic mass is 16.7. The van der Waals surface area contributed by atoms with E-state index in [4.69, 9.17) is 9.47 Å². The first kappa shape index (κ1) is 11.4. The molecule has 0 radical (unpaired) electrons. The van der Waals surface area contributed by atoms with Crippen molar-refractivity contribution in [2.75, 3.05) is 6.79 Å². The van der Waals surface area contributed by atoms with E-state index in [1.54, 1.807) is 13.8 Å². The van der Waals surface area contributed by atoms with Crippen LogP contribution in [0.15, 0.2) is 0 Å². The highest BCUT2D eigenvalue weighted by Gasteiger charge is 2.08. The smallest absolute Gasteiger partial charge is 0.310 e. The molecule has 3 nitrogen and oxygen atoms in total. The summed E-state index contributed by atoms with van der Waals surface area (Å²) < 4.78 is 9.98. The van der Waals surface area contributed by atoms with E-state index < -0.39 is 0 Å². The maximum absolute atomic E-state index is 10.9. The van der Waals surface area contributed by atoms with Crippen molar-refractivity contribution in [2.24, 2.45) is 5.92 Å². The Bertz CT molecular complexity index is 132. The summed E-state index contributed by atoms with van der Waals surface area (Å²) in [5.74, 6) is -0.288. The second-order valence-corrected chi connectivity index (χ2v) is 3.12. The standard InChI is InChI=1S/C9H18O3/c1-5-8(4)11-6-12-9(10)7(2)3/h7-8H,5-6H2,1-4H3. The normalized spacial score (nSPS) is 13.1. The maximum atomic E-state index is 10.9. The summed E-state index contributed by atoms with van der Waals surface area (Å²) in [6.45, 7) is 7.64. The van der Waals surface area contributed by atoms with E-state index >= 15 is 0 Å². The Morgan fingerprint density at radius 1 is 1.33 bits per heavy atom. The SMILES string of the molecule is CCC(C)OCOC(=O)C(C)C. The van der Waals surface area contributed by atoms with Gasteiger partial charge in [0.05, 0.1) is 12.0 Å². The summed E-state index contributed by atoms with van der Waals surface area (Å²) >= 11 is 0. The minimum Gasteiger partial charge on any atom is -0.438 e. The molecule has 0 aromatic rings. The molecule has 0 fully saturated rings. The van der Waals surface area contributed by atoms with Crippen molar-refractivity contribution < 1.29 is 14.3 Å². The maximum Gasteiger partial charge on any atom is 0.310 e. The van der Waals surface area contributed by atoms with Crippen LogP contribution in [0.5, 0.6) is 0 Å². The molecule has 0 amide bonds. The molecule has 0 aromatic carbocycles. The topological polar surface area (TPSA) is 35.5 Å². The zero-order valence-corrected chi connectivity index (χ0v) is 8.29. The second kappa shape index (κ2) is 6.00. The van der Waals surface area contributed by atoms with Gasteiger partial charge < -0.3 is 9.47 Å². The Hall–Kier alpha value is -0.570. The molecular weight excluding hydrogens is 156 g/mol. The summed E-state index contributed by atoms with van der Waals surface area (Å²) in [6, 6.07) is 0. The van der Waals surface area contributed by atoms with Gasteiger partial charge in [0.1, 0.15) is 0 Å². The van der Waals surface area contributed by atoms with Crippen molar-refractivity contribution in [1.29, 1.82) is 0 Å². The highest BCUT2D eigenvalue weighted by Crippen LogP contribution is 1.99. The van der Waals surface area contributed by atoms with Crippen molar-refractivity contribution in [3.8, 4) is 0 Å². The fraction of sp³-hybridized carbons (Fsp3) is 0.889. The van der Waals surface area contributed by atoms with Crippen LogP contribution in [-0.2, 0) is 14.3 Å². The molecule has 0 aliphatic carbocycles. The zero-order chi connectivity index (χ0) is 9.56. The third kappa shape index (κ3) is 5.13. The number of hydrogen-bond acceptors (Lipinski definition) is 3. The Morgan fingerprint density at radius 2 is 1.92 bits per heavy atom. The van der Waals surface area contributed by atoms with Gasteiger partial charge in [0.25, 0.3) is 0 Å². The van der Waals surface area contributed by atoms with E-state index in [1.165, 1.54) is 0 Å². The van der Waals surface area contributed by atoms with Crippen LogP contribution < -0.4 is 0 Å². The molecule has 3 heteroatoms. The third-order valence-corrected chi connectivity index (χ3v) is 1.60. The quantitative estimate of drug-likeness (QED) is 0.472. The van der Waals surface area contributed by atoms with Crippen LogP contribution in [0.25, 0.3) is 0 Å². The predicted octanol–water partition coefficient (Wildman–Crippen LogP) is 1.96. The molecule has 12 heavy (non-hydrogen) atoms. The zero-order valence-electron chi connectivity index (χ0n) is 8.29. The van der Waals surface area contributed by atoms with Crippen LogP contribution in [0.1, 0.15) is 34.1 Å². The lowest BCUT2D eigenvalue weighted by atomic mass is 10.2. The van der Waals surface area contributed by atoms with Gasteiger partial charge in [0, 0.05) is 0 Å². The van der Waals surface area contributed by atoms with Gasteiger partial charge in [-0.3, -0.25) is 4.79 Å². The first-order chi connectivity index (χ1) is 5.57. The lowest BCUT2D eigenvalue weighted by Crippen LogP contribution is -2.17. The van der Waals surface area contributed by atoms with Crippen LogP contribution in [-0.4, -0.2) is 18.9 Å². The average Bonchev–Trinajstić information content (AvgIpc) is 2.03. The largest absolute Gasteiger partial charge is 0.438 e. The molecule has 0 bridgehead atoms. The van der Waals surface area contributed by atoms with Crippen LogP contribution >= 0.6 is 0 Å². The minimum atomic E-state index is -0.210. The number of carbonyl (C=O) groups excluding carboxylic acids is 1. The molecule has 72 valence electrons. The lowest BCUT2D eigenvalue weighted by Gasteiger charge is -2.11. The number of ether oxygens (including phenoxy) is 2. The summed E-state index contributed by atoms with van der Waals surface area (Å²) in [6.07, 6.45) is 1.09. The van der Waals surface area contributed by atoms with Gasteiger partial charge in [0.15, 0.2) is 6.79 Å². The highest BCUT2D eigenvalue weighted by molar-refractivity contribution is 5.71. The monoisotopic (exact) mass is 174 g/mol. The van der Waals surface area contributed by atoms with Crippen molar-refractivity contribution in [3.63, 3.8) is 0 Å². The lowest BCUT2D eigenvalue weighted by molar-refractivity contribution is -0.163. The van der Waals surface area contributed by atoms with Crippen molar-refractivity contribution in [1.82, 2.24) is 0 Å². The van der Waals surface area contributed by atoms with Gasteiger partial charge in [-0.05, 0) is 13.3 Å². The van der Waals surface area contributed by atoms with E-state index in [1.807, 2.05) is 13.8 Å². The van der Waals surface area contributed by atoms with Gasteiger partial charge in [-0.1, -0.05) is 20.8 Å². The third-order valence-electron chi connectivity index (χ3n) is 1.60. The Morgan fingerprint density at radius 3 is 2.33 bits per heavy atom.